The number of ether oxygens (including phenoxy) is 3. The number of benzene rings is 2. The average Bonchev–Trinajstić information content (AvgIpc) is 3.30. The number of pyridine rings is 1. The minimum atomic E-state index is -0.234. The van der Waals surface area contributed by atoms with Gasteiger partial charge >= 0.3 is 0 Å². The van der Waals surface area contributed by atoms with Crippen LogP contribution < -0.4 is 19.1 Å². The smallest absolute Gasteiger partial charge is 0.260 e. The first kappa shape index (κ1) is 23.8. The summed E-state index contributed by atoms with van der Waals surface area (Å²) < 4.78 is 17.6. The van der Waals surface area contributed by atoms with Crippen LogP contribution in [0.3, 0.4) is 0 Å². The zero-order chi connectivity index (χ0) is 24.1. The lowest BCUT2D eigenvalue weighted by Crippen LogP contribution is -2.30. The van der Waals surface area contributed by atoms with Crippen LogP contribution in [-0.4, -0.2) is 36.2 Å². The molecule has 1 amide bonds. The van der Waals surface area contributed by atoms with Crippen LogP contribution in [0.25, 0.3) is 10.2 Å². The van der Waals surface area contributed by atoms with Crippen molar-refractivity contribution in [3.8, 4) is 17.2 Å². The van der Waals surface area contributed by atoms with E-state index in [1.165, 1.54) is 11.3 Å². The number of nitrogens with zero attached hydrogens (tertiary/aromatic N) is 3. The standard InChI is InChI=1S/C25H24ClN3O4S/c1-4-32-19-10-8-17(13-21(19)33-5-2)24(30)29(15-16-7-6-12-27-14-16)25-28-22-20(31-3)11-9-18(26)23(22)34-25/h6-14H,4-5,15H2,1-3H3. The number of amides is 1. The van der Waals surface area contributed by atoms with Gasteiger partial charge in [-0.2, -0.15) is 0 Å². The van der Waals surface area contributed by atoms with E-state index in [0.29, 0.717) is 51.7 Å². The first-order valence-corrected chi connectivity index (χ1v) is 12.0. The lowest BCUT2D eigenvalue weighted by atomic mass is 10.1. The van der Waals surface area contributed by atoms with Crippen molar-refractivity contribution in [2.45, 2.75) is 20.4 Å². The quantitative estimate of drug-likeness (QED) is 0.282. The summed E-state index contributed by atoms with van der Waals surface area (Å²) in [6, 6.07) is 12.5. The van der Waals surface area contributed by atoms with E-state index in [1.54, 1.807) is 54.7 Å². The second-order valence-electron chi connectivity index (χ2n) is 7.20. The fraction of sp³-hybridized carbons (Fsp3) is 0.240. The Kier molecular flexibility index (Phi) is 7.49. The van der Waals surface area contributed by atoms with E-state index in [-0.39, 0.29) is 12.5 Å². The van der Waals surface area contributed by atoms with E-state index in [1.807, 2.05) is 26.0 Å². The number of methoxy groups -OCH3 is 1. The van der Waals surface area contributed by atoms with Gasteiger partial charge in [-0.25, -0.2) is 4.98 Å². The van der Waals surface area contributed by atoms with Crippen molar-refractivity contribution < 1.29 is 19.0 Å². The molecular weight excluding hydrogens is 474 g/mol. The molecule has 7 nitrogen and oxygen atoms in total. The van der Waals surface area contributed by atoms with Crippen molar-refractivity contribution in [3.63, 3.8) is 0 Å². The van der Waals surface area contributed by atoms with E-state index in [4.69, 9.17) is 30.8 Å². The molecule has 0 aliphatic heterocycles. The summed E-state index contributed by atoms with van der Waals surface area (Å²) in [5.74, 6) is 1.47. The molecule has 2 aromatic heterocycles. The summed E-state index contributed by atoms with van der Waals surface area (Å²) in [4.78, 5) is 24.3. The van der Waals surface area contributed by atoms with E-state index in [9.17, 15) is 4.79 Å². The highest BCUT2D eigenvalue weighted by molar-refractivity contribution is 7.23. The van der Waals surface area contributed by atoms with Gasteiger partial charge in [0.25, 0.3) is 5.91 Å². The maximum atomic E-state index is 13.8. The Morgan fingerprint density at radius 3 is 2.53 bits per heavy atom. The molecule has 4 aromatic rings. The molecule has 0 aliphatic carbocycles. The van der Waals surface area contributed by atoms with Crippen molar-refractivity contribution in [1.29, 1.82) is 0 Å². The van der Waals surface area contributed by atoms with Crippen LogP contribution in [-0.2, 0) is 6.54 Å². The molecule has 0 atom stereocenters. The van der Waals surface area contributed by atoms with Crippen molar-refractivity contribution in [2.24, 2.45) is 0 Å². The largest absolute Gasteiger partial charge is 0.494 e. The molecule has 0 spiro atoms. The minimum Gasteiger partial charge on any atom is -0.494 e. The van der Waals surface area contributed by atoms with Crippen LogP contribution in [0.5, 0.6) is 17.2 Å². The summed E-state index contributed by atoms with van der Waals surface area (Å²) in [5.41, 5.74) is 1.93. The SMILES string of the molecule is CCOc1ccc(C(=O)N(Cc2cccnc2)c2nc3c(OC)ccc(Cl)c3s2)cc1OCC. The number of anilines is 1. The Morgan fingerprint density at radius 2 is 1.82 bits per heavy atom. The summed E-state index contributed by atoms with van der Waals surface area (Å²) in [5, 5.41) is 1.05. The molecule has 0 unspecified atom stereocenters. The Balaban J connectivity index is 1.79. The maximum Gasteiger partial charge on any atom is 0.260 e. The Labute approximate surface area is 206 Å². The van der Waals surface area contributed by atoms with Gasteiger partial charge in [-0.1, -0.05) is 29.0 Å². The number of hydrogen-bond donors (Lipinski definition) is 0. The fourth-order valence-electron chi connectivity index (χ4n) is 3.46. The van der Waals surface area contributed by atoms with Crippen LogP contribution in [0.1, 0.15) is 29.8 Å². The highest BCUT2D eigenvalue weighted by Gasteiger charge is 2.25. The van der Waals surface area contributed by atoms with E-state index >= 15 is 0 Å². The molecular formula is C25H24ClN3O4S. The molecule has 34 heavy (non-hydrogen) atoms. The maximum absolute atomic E-state index is 13.8. The van der Waals surface area contributed by atoms with Gasteiger partial charge in [0, 0.05) is 18.0 Å². The topological polar surface area (TPSA) is 73.8 Å². The molecule has 9 heteroatoms. The first-order valence-electron chi connectivity index (χ1n) is 10.8. The summed E-state index contributed by atoms with van der Waals surface area (Å²) in [7, 11) is 1.58. The third-order valence-corrected chi connectivity index (χ3v) is 6.54. The van der Waals surface area contributed by atoms with Crippen molar-refractivity contribution >= 4 is 44.2 Å². The van der Waals surface area contributed by atoms with Gasteiger partial charge in [-0.15, -0.1) is 0 Å². The monoisotopic (exact) mass is 497 g/mol. The van der Waals surface area contributed by atoms with Gasteiger partial charge in [0.1, 0.15) is 11.3 Å². The number of fused-ring (bicyclic) bond motifs is 1. The Hall–Kier alpha value is -3.36. The van der Waals surface area contributed by atoms with Crippen LogP contribution in [0, 0.1) is 0 Å². The van der Waals surface area contributed by atoms with Gasteiger partial charge in [0.05, 0.1) is 36.6 Å². The highest BCUT2D eigenvalue weighted by Crippen LogP contribution is 2.40. The molecule has 2 heterocycles. The van der Waals surface area contributed by atoms with Crippen molar-refractivity contribution in [2.75, 3.05) is 25.2 Å². The molecule has 176 valence electrons. The van der Waals surface area contributed by atoms with Crippen LogP contribution in [0.15, 0.2) is 54.9 Å². The van der Waals surface area contributed by atoms with Crippen molar-refractivity contribution in [3.05, 3.63) is 71.0 Å². The number of halogens is 1. The first-order chi connectivity index (χ1) is 16.5. The predicted octanol–water partition coefficient (Wildman–Crippen LogP) is 6.00. The van der Waals surface area contributed by atoms with Gasteiger partial charge in [0.15, 0.2) is 16.6 Å². The van der Waals surface area contributed by atoms with Gasteiger partial charge in [-0.3, -0.25) is 14.7 Å². The molecule has 0 aliphatic rings. The number of carbonyl (C=O) groups is 1. The lowest BCUT2D eigenvalue weighted by molar-refractivity contribution is 0.0984. The molecule has 0 fully saturated rings. The molecule has 0 N–H and O–H groups in total. The number of rotatable bonds is 9. The zero-order valence-electron chi connectivity index (χ0n) is 19.1. The third-order valence-electron chi connectivity index (χ3n) is 5.00. The van der Waals surface area contributed by atoms with E-state index in [2.05, 4.69) is 4.98 Å². The summed E-state index contributed by atoms with van der Waals surface area (Å²) >= 11 is 7.77. The number of hydrogen-bond acceptors (Lipinski definition) is 7. The third kappa shape index (κ3) is 4.93. The normalized spacial score (nSPS) is 10.8. The molecule has 0 radical (unpaired) electrons. The molecule has 0 bridgehead atoms. The van der Waals surface area contributed by atoms with Crippen molar-refractivity contribution in [1.82, 2.24) is 9.97 Å². The second-order valence-corrected chi connectivity index (χ2v) is 8.59. The van der Waals surface area contributed by atoms with Crippen LogP contribution in [0.2, 0.25) is 5.02 Å². The lowest BCUT2D eigenvalue weighted by Gasteiger charge is -2.21. The molecule has 2 aromatic carbocycles. The Bertz CT molecular complexity index is 1300. The second kappa shape index (κ2) is 10.7. The van der Waals surface area contributed by atoms with Crippen LogP contribution in [0.4, 0.5) is 5.13 Å². The molecule has 0 saturated heterocycles. The molecule has 4 rings (SSSR count). The Morgan fingerprint density at radius 1 is 1.06 bits per heavy atom. The summed E-state index contributed by atoms with van der Waals surface area (Å²) in [6.07, 6.45) is 3.42. The minimum absolute atomic E-state index is 0.234. The van der Waals surface area contributed by atoms with Crippen LogP contribution >= 0.6 is 22.9 Å². The van der Waals surface area contributed by atoms with E-state index < -0.39 is 0 Å². The zero-order valence-corrected chi connectivity index (χ0v) is 20.7. The van der Waals surface area contributed by atoms with Gasteiger partial charge in [0.2, 0.25) is 0 Å². The molecule has 0 saturated carbocycles. The number of aromatic nitrogens is 2. The predicted molar refractivity (Wildman–Crippen MR) is 135 cm³/mol. The fourth-order valence-corrected chi connectivity index (χ4v) is 4.72. The highest BCUT2D eigenvalue weighted by atomic mass is 35.5. The average molecular weight is 498 g/mol. The summed E-state index contributed by atoms with van der Waals surface area (Å²) in [6.45, 7) is 5.01. The number of carbonyl (C=O) groups excluding carboxylic acids is 1. The van der Waals surface area contributed by atoms with E-state index in [0.717, 1.165) is 10.3 Å². The number of thiazole rings is 1. The van der Waals surface area contributed by atoms with Gasteiger partial charge in [-0.05, 0) is 55.8 Å². The van der Waals surface area contributed by atoms with Gasteiger partial charge < -0.3 is 14.2 Å².